The van der Waals surface area contributed by atoms with Gasteiger partial charge in [-0.3, -0.25) is 24.1 Å². The molecule has 9 nitrogen and oxygen atoms in total. The Morgan fingerprint density at radius 1 is 0.800 bits per heavy atom. The van der Waals surface area contributed by atoms with E-state index < -0.39 is 35.0 Å². The first-order chi connectivity index (χ1) is 24.1. The summed E-state index contributed by atoms with van der Waals surface area (Å²) in [6.45, 7) is 1.85. The number of imide groups is 2. The van der Waals surface area contributed by atoms with E-state index in [-0.39, 0.29) is 41.5 Å². The lowest BCUT2D eigenvalue weighted by molar-refractivity contribution is -0.131. The zero-order valence-electron chi connectivity index (χ0n) is 27.4. The summed E-state index contributed by atoms with van der Waals surface area (Å²) in [6, 6.07) is 29.4. The normalized spacial score (nSPS) is 27.1. The number of rotatable bonds is 6. The first-order valence-corrected chi connectivity index (χ1v) is 17.7. The van der Waals surface area contributed by atoms with E-state index in [1.165, 1.54) is 16.9 Å². The van der Waals surface area contributed by atoms with Crippen molar-refractivity contribution in [3.05, 3.63) is 118 Å². The summed E-state index contributed by atoms with van der Waals surface area (Å²) in [5, 5.41) is 14.1. The number of para-hydroxylation sites is 2. The number of hydrogen-bond acceptors (Lipinski definition) is 7. The van der Waals surface area contributed by atoms with E-state index in [0.717, 1.165) is 16.9 Å². The minimum atomic E-state index is -1.19. The number of amides is 4. The van der Waals surface area contributed by atoms with Gasteiger partial charge in [-0.15, -0.1) is 0 Å². The van der Waals surface area contributed by atoms with Crippen molar-refractivity contribution >= 4 is 69.0 Å². The van der Waals surface area contributed by atoms with Gasteiger partial charge in [0.15, 0.2) is 11.5 Å². The number of anilines is 4. The van der Waals surface area contributed by atoms with Crippen molar-refractivity contribution in [3.8, 4) is 11.5 Å². The van der Waals surface area contributed by atoms with E-state index in [9.17, 15) is 24.3 Å². The summed E-state index contributed by atoms with van der Waals surface area (Å²) >= 11 is 2.04. The number of benzene rings is 4. The number of methoxy groups -OCH3 is 1. The molecule has 4 amide bonds. The molecule has 4 aliphatic rings. The van der Waals surface area contributed by atoms with Gasteiger partial charge in [0, 0.05) is 17.3 Å². The minimum Gasteiger partial charge on any atom is -0.504 e. The SMILES string of the molecule is COc1cc(C2C3=CCC4C(=O)N(c5ccc(Nc6ccccc6)cc5)C(=O)C4C3CC3C(=O)N(c4ccccc4)C(=O)C32C)cc(I)c1O. The second-order valence-corrected chi connectivity index (χ2v) is 14.8. The fourth-order valence-electron chi connectivity index (χ4n) is 8.77. The van der Waals surface area contributed by atoms with Crippen LogP contribution in [0, 0.1) is 32.7 Å². The second kappa shape index (κ2) is 12.1. The zero-order valence-corrected chi connectivity index (χ0v) is 29.5. The Labute approximate surface area is 303 Å². The Bertz CT molecular complexity index is 2090. The third-order valence-corrected chi connectivity index (χ3v) is 11.9. The number of nitrogens with one attached hydrogen (secondary N) is 1. The Morgan fingerprint density at radius 2 is 1.44 bits per heavy atom. The van der Waals surface area contributed by atoms with Gasteiger partial charge in [-0.05, 0) is 115 Å². The van der Waals surface area contributed by atoms with Gasteiger partial charge in [0.25, 0.3) is 0 Å². The van der Waals surface area contributed by atoms with Crippen LogP contribution in [0.4, 0.5) is 22.7 Å². The maximum atomic E-state index is 14.6. The molecule has 3 fully saturated rings. The quantitative estimate of drug-likeness (QED) is 0.121. The van der Waals surface area contributed by atoms with Crippen molar-refractivity contribution in [3.63, 3.8) is 0 Å². The summed E-state index contributed by atoms with van der Waals surface area (Å²) in [7, 11) is 1.47. The van der Waals surface area contributed by atoms with Crippen molar-refractivity contribution in [1.82, 2.24) is 0 Å². The molecule has 252 valence electrons. The fraction of sp³-hybridized carbons (Fsp3) is 0.250. The van der Waals surface area contributed by atoms with Gasteiger partial charge >= 0.3 is 0 Å². The summed E-state index contributed by atoms with van der Waals surface area (Å²) in [5.74, 6) is -4.04. The molecule has 2 aliphatic heterocycles. The lowest BCUT2D eigenvalue weighted by Gasteiger charge is -2.49. The van der Waals surface area contributed by atoms with Crippen LogP contribution >= 0.6 is 22.6 Å². The summed E-state index contributed by atoms with van der Waals surface area (Å²) < 4.78 is 6.07. The Kier molecular flexibility index (Phi) is 7.81. The molecule has 4 aromatic carbocycles. The van der Waals surface area contributed by atoms with E-state index in [4.69, 9.17) is 4.74 Å². The van der Waals surface area contributed by atoms with Crippen molar-refractivity contribution in [1.29, 1.82) is 0 Å². The molecule has 2 aliphatic carbocycles. The molecule has 0 bridgehead atoms. The number of phenolic OH excluding ortho intramolecular Hbond substituents is 1. The number of aromatic hydroxyl groups is 1. The van der Waals surface area contributed by atoms with Crippen molar-refractivity contribution in [2.45, 2.75) is 25.7 Å². The molecule has 6 atom stereocenters. The summed E-state index contributed by atoms with van der Waals surface area (Å²) in [6.07, 6.45) is 2.61. The minimum absolute atomic E-state index is 0.0134. The third kappa shape index (κ3) is 4.79. The van der Waals surface area contributed by atoms with Gasteiger partial charge in [-0.25, -0.2) is 4.90 Å². The van der Waals surface area contributed by atoms with Crippen LogP contribution in [-0.4, -0.2) is 35.8 Å². The van der Waals surface area contributed by atoms with Gasteiger partial charge in [0.05, 0.1) is 45.2 Å². The van der Waals surface area contributed by atoms with Crippen molar-refractivity contribution in [2.75, 3.05) is 22.2 Å². The summed E-state index contributed by atoms with van der Waals surface area (Å²) in [5.41, 5.74) is 3.11. The number of phenols is 1. The van der Waals surface area contributed by atoms with Crippen molar-refractivity contribution in [2.24, 2.45) is 29.1 Å². The molecule has 2 saturated heterocycles. The van der Waals surface area contributed by atoms with Gasteiger partial charge in [-0.2, -0.15) is 0 Å². The molecular formula is C40H34IN3O6. The molecule has 0 spiro atoms. The highest BCUT2D eigenvalue weighted by molar-refractivity contribution is 14.1. The lowest BCUT2D eigenvalue weighted by Crippen LogP contribution is -2.48. The highest BCUT2D eigenvalue weighted by atomic mass is 127. The van der Waals surface area contributed by atoms with Crippen LogP contribution in [0.25, 0.3) is 0 Å². The van der Waals surface area contributed by atoms with Crippen LogP contribution in [0.15, 0.2) is 109 Å². The predicted octanol–water partition coefficient (Wildman–Crippen LogP) is 7.18. The Balaban J connectivity index is 1.19. The van der Waals surface area contributed by atoms with Crippen LogP contribution in [0.3, 0.4) is 0 Å². The number of fused-ring (bicyclic) bond motifs is 4. The second-order valence-electron chi connectivity index (χ2n) is 13.6. The van der Waals surface area contributed by atoms with E-state index in [1.807, 2.05) is 90.2 Å². The fourth-order valence-corrected chi connectivity index (χ4v) is 9.40. The maximum Gasteiger partial charge on any atom is 0.241 e. The number of allylic oxidation sites excluding steroid dienone is 2. The topological polar surface area (TPSA) is 116 Å². The van der Waals surface area contributed by atoms with Gasteiger partial charge in [0.2, 0.25) is 23.6 Å². The van der Waals surface area contributed by atoms with E-state index in [2.05, 4.69) is 5.32 Å². The molecule has 8 rings (SSSR count). The van der Waals surface area contributed by atoms with E-state index in [1.54, 1.807) is 42.5 Å². The number of nitrogens with zero attached hydrogens (tertiary/aromatic N) is 2. The highest BCUT2D eigenvalue weighted by Gasteiger charge is 2.67. The van der Waals surface area contributed by atoms with Crippen LogP contribution < -0.4 is 19.9 Å². The largest absolute Gasteiger partial charge is 0.504 e. The zero-order chi connectivity index (χ0) is 34.9. The number of halogens is 1. The van der Waals surface area contributed by atoms with Gasteiger partial charge in [-0.1, -0.05) is 48.0 Å². The molecule has 1 saturated carbocycles. The number of hydrogen-bond donors (Lipinski definition) is 2. The molecule has 4 aromatic rings. The average molecular weight is 780 g/mol. The number of ether oxygens (including phenoxy) is 1. The molecule has 2 heterocycles. The molecule has 6 unspecified atom stereocenters. The molecule has 50 heavy (non-hydrogen) atoms. The predicted molar refractivity (Wildman–Crippen MR) is 197 cm³/mol. The average Bonchev–Trinajstić information content (AvgIpc) is 3.50. The van der Waals surface area contributed by atoms with E-state index in [0.29, 0.717) is 26.9 Å². The van der Waals surface area contributed by atoms with E-state index >= 15 is 0 Å². The first-order valence-electron chi connectivity index (χ1n) is 16.6. The maximum absolute atomic E-state index is 14.6. The molecular weight excluding hydrogens is 745 g/mol. The van der Waals surface area contributed by atoms with Crippen LogP contribution in [-0.2, 0) is 19.2 Å². The third-order valence-electron chi connectivity index (χ3n) is 11.1. The lowest BCUT2D eigenvalue weighted by atomic mass is 9.51. The highest BCUT2D eigenvalue weighted by Crippen LogP contribution is 2.64. The van der Waals surface area contributed by atoms with Gasteiger partial charge in [0.1, 0.15) is 0 Å². The molecule has 0 aromatic heterocycles. The van der Waals surface area contributed by atoms with Crippen molar-refractivity contribution < 1.29 is 29.0 Å². The number of carbonyl (C=O) groups is 4. The molecule has 0 radical (unpaired) electrons. The number of carbonyl (C=O) groups excluding carboxylic acids is 4. The Morgan fingerprint density at radius 3 is 2.12 bits per heavy atom. The summed E-state index contributed by atoms with van der Waals surface area (Å²) in [4.78, 5) is 60.1. The molecule has 10 heteroatoms. The smallest absolute Gasteiger partial charge is 0.241 e. The standard InChI is InChI=1S/C40H34IN3O6/c1-40-30(37(47)44(39(40)49)25-11-7-4-8-12-25)21-29-27(34(40)22-19-31(41)35(45)32(20-22)50-2)17-18-28-33(29)38(48)43(36(28)46)26-15-13-24(14-16-26)42-23-9-5-3-6-10-23/h3-17,19-20,28-30,33-34,42,45H,18,21H2,1-2H3. The van der Waals surface area contributed by atoms with Crippen LogP contribution in [0.1, 0.15) is 31.2 Å². The first kappa shape index (κ1) is 32.2. The van der Waals surface area contributed by atoms with Crippen LogP contribution in [0.5, 0.6) is 11.5 Å². The molecule has 2 N–H and O–H groups in total. The van der Waals surface area contributed by atoms with Gasteiger partial charge < -0.3 is 15.2 Å². The van der Waals surface area contributed by atoms with Crippen LogP contribution in [0.2, 0.25) is 0 Å². The Hall–Kier alpha value is -4.97. The monoisotopic (exact) mass is 779 g/mol.